The van der Waals surface area contributed by atoms with Crippen LogP contribution in [0.25, 0.3) is 0 Å². The predicted molar refractivity (Wildman–Crippen MR) is 169 cm³/mol. The molecule has 0 atom stereocenters. The average Bonchev–Trinajstić information content (AvgIpc) is 3.05. The standard InChI is InChI=1S/C22H24N6O18S5/c23-20-17(27-26-16-6-5-15(11-18(16)50(35,36)37)49(33,34)10-8-42-47-46-44-30)12-19(51(38,39)40)21(24)22(20)28-25-13-1-3-14(4-2-13)48(31,32)9-7-41-45-43-29/h1-6,11-12,29-30H,7-10,23-24H2,(H,35,36,37)(H,38,39,40)/b27-26+,28-25+. The number of azo groups is 2. The van der Waals surface area contributed by atoms with Crippen molar-refractivity contribution < 1.29 is 81.8 Å². The van der Waals surface area contributed by atoms with E-state index in [1.807, 2.05) is 0 Å². The zero-order valence-electron chi connectivity index (χ0n) is 24.9. The second-order valence-corrected chi connectivity index (χ2v) is 16.7. The molecule has 0 aliphatic heterocycles. The van der Waals surface area contributed by atoms with Crippen molar-refractivity contribution in [2.24, 2.45) is 20.5 Å². The van der Waals surface area contributed by atoms with E-state index >= 15 is 0 Å². The summed E-state index contributed by atoms with van der Waals surface area (Å²) in [5.41, 5.74) is 8.92. The molecule has 0 saturated carbocycles. The second kappa shape index (κ2) is 17.6. The van der Waals surface area contributed by atoms with Crippen LogP contribution in [0.3, 0.4) is 0 Å². The number of nitrogens with two attached hydrogens (primary N) is 2. The van der Waals surface area contributed by atoms with E-state index in [0.29, 0.717) is 12.1 Å². The molecule has 3 aromatic carbocycles. The topological polar surface area (TPSA) is 374 Å². The lowest BCUT2D eigenvalue weighted by molar-refractivity contribution is -0.622. The fraction of sp³-hybridized carbons (Fsp3) is 0.182. The van der Waals surface area contributed by atoms with Crippen molar-refractivity contribution >= 4 is 86.4 Å². The molecule has 24 nitrogen and oxygen atoms in total. The van der Waals surface area contributed by atoms with Crippen LogP contribution in [0.15, 0.2) is 88.6 Å². The van der Waals surface area contributed by atoms with Crippen molar-refractivity contribution in [3.63, 3.8) is 0 Å². The predicted octanol–water partition coefficient (Wildman–Crippen LogP) is 3.08. The Morgan fingerprint density at radius 3 is 1.84 bits per heavy atom. The van der Waals surface area contributed by atoms with E-state index in [-0.39, 0.29) is 22.9 Å². The Balaban J connectivity index is 1.99. The van der Waals surface area contributed by atoms with E-state index in [1.165, 1.54) is 12.1 Å². The van der Waals surface area contributed by atoms with Gasteiger partial charge in [0.25, 0.3) is 20.2 Å². The van der Waals surface area contributed by atoms with Crippen molar-refractivity contribution in [1.82, 2.24) is 0 Å². The van der Waals surface area contributed by atoms with Gasteiger partial charge < -0.3 is 11.5 Å². The molecule has 0 aliphatic rings. The highest BCUT2D eigenvalue weighted by atomic mass is 32.2. The van der Waals surface area contributed by atoms with E-state index in [1.54, 1.807) is 0 Å². The van der Waals surface area contributed by atoms with Crippen molar-refractivity contribution in [3.05, 3.63) is 48.5 Å². The number of rotatable bonds is 19. The molecule has 0 saturated heterocycles. The van der Waals surface area contributed by atoms with Gasteiger partial charge in [0.2, 0.25) is 0 Å². The first-order valence-electron chi connectivity index (χ1n) is 12.9. The van der Waals surface area contributed by atoms with E-state index < -0.39 is 108 Å². The van der Waals surface area contributed by atoms with E-state index in [9.17, 15) is 42.8 Å². The number of hydrogen-bond donors (Lipinski definition) is 6. The maximum atomic E-state index is 12.6. The summed E-state index contributed by atoms with van der Waals surface area (Å²) in [6, 6.07) is 7.60. The third-order valence-electron chi connectivity index (χ3n) is 5.95. The second-order valence-electron chi connectivity index (χ2n) is 9.18. The van der Waals surface area contributed by atoms with Crippen LogP contribution in [0.2, 0.25) is 0 Å². The fourth-order valence-electron chi connectivity index (χ4n) is 3.62. The van der Waals surface area contributed by atoms with Gasteiger partial charge in [-0.25, -0.2) is 32.2 Å². The first-order valence-corrected chi connectivity index (χ1v) is 19.7. The molecule has 0 heterocycles. The summed E-state index contributed by atoms with van der Waals surface area (Å²) in [5.74, 6) is -1.30. The molecule has 0 unspecified atom stereocenters. The van der Waals surface area contributed by atoms with Crippen LogP contribution in [0.5, 0.6) is 0 Å². The Bertz CT molecular complexity index is 2220. The number of nitrogen functional groups attached to an aromatic ring is 2. The molecule has 0 spiro atoms. The summed E-state index contributed by atoms with van der Waals surface area (Å²) in [6.07, 6.45) is 0. The van der Waals surface area contributed by atoms with Gasteiger partial charge >= 0.3 is 0 Å². The van der Waals surface area contributed by atoms with Gasteiger partial charge in [0.15, 0.2) is 32.0 Å². The average molecular weight is 821 g/mol. The van der Waals surface area contributed by atoms with Crippen LogP contribution >= 0.6 is 12.3 Å². The highest BCUT2D eigenvalue weighted by Crippen LogP contribution is 2.43. The summed E-state index contributed by atoms with van der Waals surface area (Å²) in [4.78, 5) is 1.44. The smallest absolute Gasteiger partial charge is 0.296 e. The van der Waals surface area contributed by atoms with E-state index in [2.05, 4.69) is 49.0 Å². The monoisotopic (exact) mass is 820 g/mol. The zero-order chi connectivity index (χ0) is 38.0. The normalized spacial score (nSPS) is 13.0. The van der Waals surface area contributed by atoms with Crippen molar-refractivity contribution in [3.8, 4) is 0 Å². The van der Waals surface area contributed by atoms with E-state index in [4.69, 9.17) is 22.0 Å². The molecule has 8 N–H and O–H groups in total. The van der Waals surface area contributed by atoms with Crippen LogP contribution in [-0.4, -0.2) is 78.0 Å². The lowest BCUT2D eigenvalue weighted by Gasteiger charge is -2.11. The quantitative estimate of drug-likeness (QED) is 0.0192. The minimum atomic E-state index is -5.17. The minimum Gasteiger partial charge on any atom is -0.396 e. The van der Waals surface area contributed by atoms with Gasteiger partial charge in [-0.1, -0.05) is 5.04 Å². The third kappa shape index (κ3) is 11.6. The Labute approximate surface area is 292 Å². The van der Waals surface area contributed by atoms with Crippen molar-refractivity contribution in [2.45, 2.75) is 19.6 Å². The van der Waals surface area contributed by atoms with Gasteiger partial charge in [-0.2, -0.15) is 21.9 Å². The lowest BCUT2D eigenvalue weighted by atomic mass is 10.2. The number of benzene rings is 3. The molecule has 0 aromatic heterocycles. The largest absolute Gasteiger partial charge is 0.396 e. The Kier molecular flexibility index (Phi) is 14.4. The summed E-state index contributed by atoms with van der Waals surface area (Å²) in [5, 5.41) is 41.2. The third-order valence-corrected chi connectivity index (χ3v) is 11.5. The summed E-state index contributed by atoms with van der Waals surface area (Å²) in [7, 11) is -18.4. The number of anilines is 2. The molecule has 0 radical (unpaired) electrons. The maximum absolute atomic E-state index is 12.6. The molecule has 0 aliphatic carbocycles. The lowest BCUT2D eigenvalue weighted by Crippen LogP contribution is -2.12. The molecule has 29 heteroatoms. The number of sulfone groups is 2. The van der Waals surface area contributed by atoms with Crippen LogP contribution < -0.4 is 11.5 Å². The number of hydrogen-bond acceptors (Lipinski definition) is 23. The fourth-order valence-corrected chi connectivity index (χ4v) is 7.49. The Morgan fingerprint density at radius 2 is 1.24 bits per heavy atom. The molecule has 0 bridgehead atoms. The van der Waals surface area contributed by atoms with Crippen molar-refractivity contribution in [2.75, 3.05) is 36.2 Å². The summed E-state index contributed by atoms with van der Waals surface area (Å²) < 4.78 is 127. The first kappa shape index (κ1) is 41.6. The van der Waals surface area contributed by atoms with Crippen molar-refractivity contribution in [1.29, 1.82) is 0 Å². The Hall–Kier alpha value is -3.79. The van der Waals surface area contributed by atoms with Gasteiger partial charge in [0.05, 0.1) is 51.6 Å². The molecule has 0 fully saturated rings. The summed E-state index contributed by atoms with van der Waals surface area (Å²) in [6.45, 7) is -1.03. The number of nitrogens with zero attached hydrogens (tertiary/aromatic N) is 4. The molecular weight excluding hydrogens is 797 g/mol. The molecule has 3 aromatic rings. The Morgan fingerprint density at radius 1 is 0.647 bits per heavy atom. The minimum absolute atomic E-state index is 0.00730. The van der Waals surface area contributed by atoms with Gasteiger partial charge in [0.1, 0.15) is 26.9 Å². The zero-order valence-corrected chi connectivity index (χ0v) is 29.0. The SMILES string of the molecule is Nc1c(/N=N/c2ccc(S(=O)(=O)CCOSOOO)cc2S(=O)(=O)O)cc(S(=O)(=O)O)c(N)c1/N=N/c1ccc(S(=O)(=O)CCOOOO)cc1. The van der Waals surface area contributed by atoms with Gasteiger partial charge in [-0.15, -0.1) is 19.7 Å². The van der Waals surface area contributed by atoms with Gasteiger partial charge in [0, 0.05) is 0 Å². The van der Waals surface area contributed by atoms with Gasteiger partial charge in [-0.05, 0) is 58.6 Å². The van der Waals surface area contributed by atoms with Gasteiger partial charge in [-0.3, -0.25) is 13.3 Å². The molecule has 280 valence electrons. The van der Waals surface area contributed by atoms with Crippen LogP contribution in [0.4, 0.5) is 34.1 Å². The molecule has 51 heavy (non-hydrogen) atoms. The highest BCUT2D eigenvalue weighted by Gasteiger charge is 2.25. The maximum Gasteiger partial charge on any atom is 0.296 e. The first-order chi connectivity index (χ1) is 23.8. The highest BCUT2D eigenvalue weighted by molar-refractivity contribution is 7.92. The molecule has 0 amide bonds. The summed E-state index contributed by atoms with van der Waals surface area (Å²) >= 11 is 0.0959. The van der Waals surface area contributed by atoms with Crippen LogP contribution in [0.1, 0.15) is 0 Å². The molecule has 3 rings (SSSR count). The van der Waals surface area contributed by atoms with E-state index in [0.717, 1.165) is 24.3 Å². The molecular formula is C22H24N6O18S5. The van der Waals surface area contributed by atoms with Crippen LogP contribution in [0, 0.1) is 0 Å². The van der Waals surface area contributed by atoms with Crippen LogP contribution in [-0.2, 0) is 68.4 Å².